The molecule has 154 valence electrons. The van der Waals surface area contributed by atoms with Crippen molar-refractivity contribution in [3.63, 3.8) is 0 Å². The van der Waals surface area contributed by atoms with Crippen LogP contribution in [0.2, 0.25) is 0 Å². The number of carbonyl (C=O) groups excluding carboxylic acids is 2. The van der Waals surface area contributed by atoms with E-state index >= 15 is 0 Å². The lowest BCUT2D eigenvalue weighted by atomic mass is 10.0. The van der Waals surface area contributed by atoms with Crippen LogP contribution in [0, 0.1) is 11.5 Å². The van der Waals surface area contributed by atoms with Crippen LogP contribution in [-0.2, 0) is 16.0 Å². The molecule has 0 spiro atoms. The predicted octanol–water partition coefficient (Wildman–Crippen LogP) is 4.39. The van der Waals surface area contributed by atoms with Crippen LogP contribution in [0.4, 0.5) is 4.79 Å². The van der Waals surface area contributed by atoms with E-state index in [2.05, 4.69) is 12.2 Å². The maximum atomic E-state index is 12.8. The molecule has 6 heteroatoms. The van der Waals surface area contributed by atoms with Gasteiger partial charge >= 0.3 is 6.09 Å². The smallest absolute Gasteiger partial charge is 0.407 e. The Morgan fingerprint density at radius 2 is 1.86 bits per heavy atom. The van der Waals surface area contributed by atoms with Crippen molar-refractivity contribution in [1.29, 1.82) is 5.26 Å². The summed E-state index contributed by atoms with van der Waals surface area (Å²) in [4.78, 5) is 26.0. The van der Waals surface area contributed by atoms with Crippen LogP contribution in [0.1, 0.15) is 45.1 Å². The molecule has 0 aliphatic heterocycles. The molecule has 2 aromatic carbocycles. The molecule has 6 nitrogen and oxygen atoms in total. The number of likely N-dealkylation sites (N-methyl/N-ethyl adjacent to an activating group) is 1. The van der Waals surface area contributed by atoms with Gasteiger partial charge in [-0.25, -0.2) is 9.69 Å². The lowest BCUT2D eigenvalue weighted by Gasteiger charge is -2.21. The molecule has 2 rings (SSSR count). The molecule has 0 aliphatic rings. The van der Waals surface area contributed by atoms with E-state index in [4.69, 9.17) is 4.74 Å². The summed E-state index contributed by atoms with van der Waals surface area (Å²) in [5.74, 6) is -0.439. The minimum atomic E-state index is -0.862. The van der Waals surface area contributed by atoms with Crippen molar-refractivity contribution in [2.75, 3.05) is 13.2 Å². The van der Waals surface area contributed by atoms with Crippen LogP contribution in [0.25, 0.3) is 10.8 Å². The number of hydrogen-bond donors (Lipinski definition) is 1. The summed E-state index contributed by atoms with van der Waals surface area (Å²) in [6.45, 7) is 4.40. The first-order valence-corrected chi connectivity index (χ1v) is 10.2. The van der Waals surface area contributed by atoms with E-state index in [0.29, 0.717) is 6.61 Å². The van der Waals surface area contributed by atoms with Gasteiger partial charge in [0.15, 0.2) is 6.19 Å². The topological polar surface area (TPSA) is 82.4 Å². The summed E-state index contributed by atoms with van der Waals surface area (Å²) in [6, 6.07) is 13.0. The maximum Gasteiger partial charge on any atom is 0.407 e. The van der Waals surface area contributed by atoms with Crippen LogP contribution in [0.3, 0.4) is 0 Å². The zero-order valence-corrected chi connectivity index (χ0v) is 17.2. The van der Waals surface area contributed by atoms with Crippen LogP contribution in [0.5, 0.6) is 0 Å². The molecule has 0 saturated carbocycles. The molecular formula is C23H29N3O3. The molecule has 2 amide bonds. The lowest BCUT2D eigenvalue weighted by molar-refractivity contribution is -0.130. The number of alkyl carbamates (subject to hydrolysis) is 1. The Morgan fingerprint density at radius 3 is 2.55 bits per heavy atom. The summed E-state index contributed by atoms with van der Waals surface area (Å²) >= 11 is 0. The Kier molecular flexibility index (Phi) is 8.97. The number of benzene rings is 2. The normalized spacial score (nSPS) is 11.5. The second-order valence-corrected chi connectivity index (χ2v) is 6.96. The number of nitrogens with zero attached hydrogens (tertiary/aromatic N) is 2. The van der Waals surface area contributed by atoms with Crippen molar-refractivity contribution in [3.8, 4) is 6.19 Å². The summed E-state index contributed by atoms with van der Waals surface area (Å²) in [7, 11) is 0. The van der Waals surface area contributed by atoms with Gasteiger partial charge < -0.3 is 10.1 Å². The first-order chi connectivity index (χ1) is 14.1. The van der Waals surface area contributed by atoms with E-state index in [9.17, 15) is 14.9 Å². The highest BCUT2D eigenvalue weighted by Gasteiger charge is 2.26. The van der Waals surface area contributed by atoms with E-state index in [1.807, 2.05) is 48.7 Å². The van der Waals surface area contributed by atoms with Crippen molar-refractivity contribution in [2.24, 2.45) is 0 Å². The van der Waals surface area contributed by atoms with E-state index in [1.165, 1.54) is 0 Å². The highest BCUT2D eigenvalue weighted by molar-refractivity contribution is 5.87. The Labute approximate surface area is 172 Å². The Hall–Kier alpha value is -3.07. The number of amides is 2. The van der Waals surface area contributed by atoms with Gasteiger partial charge in [-0.1, -0.05) is 68.7 Å². The lowest BCUT2D eigenvalue weighted by Crippen LogP contribution is -2.48. The van der Waals surface area contributed by atoms with E-state index in [-0.39, 0.29) is 13.0 Å². The van der Waals surface area contributed by atoms with Gasteiger partial charge in [0.25, 0.3) is 5.91 Å². The SMILES string of the molecule is CCCCCCOC(=O)NC(Cc1ccc2ccccc2c1)C(=O)N(C#N)CC. The highest BCUT2D eigenvalue weighted by Crippen LogP contribution is 2.17. The first kappa shape index (κ1) is 22.2. The average molecular weight is 396 g/mol. The standard InChI is InChI=1S/C23H29N3O3/c1-3-5-6-9-14-29-23(28)25-21(22(27)26(4-2)17-24)16-18-12-13-19-10-7-8-11-20(19)15-18/h7-8,10-13,15,21H,3-6,9,14,16H2,1-2H3,(H,25,28). The fourth-order valence-corrected chi connectivity index (χ4v) is 3.14. The molecule has 0 radical (unpaired) electrons. The van der Waals surface area contributed by atoms with Crippen LogP contribution < -0.4 is 5.32 Å². The second kappa shape index (κ2) is 11.7. The summed E-state index contributed by atoms with van der Waals surface area (Å²) in [6.07, 6.45) is 5.54. The van der Waals surface area contributed by atoms with Gasteiger partial charge in [-0.15, -0.1) is 0 Å². The van der Waals surface area contributed by atoms with Crippen molar-refractivity contribution >= 4 is 22.8 Å². The van der Waals surface area contributed by atoms with Crippen molar-refractivity contribution in [3.05, 3.63) is 48.0 Å². The van der Waals surface area contributed by atoms with Gasteiger partial charge in [0, 0.05) is 13.0 Å². The van der Waals surface area contributed by atoms with Gasteiger partial charge in [0.2, 0.25) is 0 Å². The second-order valence-electron chi connectivity index (χ2n) is 6.96. The fourth-order valence-electron chi connectivity index (χ4n) is 3.14. The summed E-state index contributed by atoms with van der Waals surface area (Å²) < 4.78 is 5.22. The summed E-state index contributed by atoms with van der Waals surface area (Å²) in [5, 5.41) is 14.0. The average Bonchev–Trinajstić information content (AvgIpc) is 2.74. The highest BCUT2D eigenvalue weighted by atomic mass is 16.5. The molecule has 1 unspecified atom stereocenters. The van der Waals surface area contributed by atoms with Gasteiger partial charge in [-0.3, -0.25) is 4.79 Å². The molecule has 0 saturated heterocycles. The van der Waals surface area contributed by atoms with Gasteiger partial charge in [-0.2, -0.15) is 5.26 Å². The molecule has 0 aromatic heterocycles. The maximum absolute atomic E-state index is 12.8. The van der Waals surface area contributed by atoms with E-state index in [1.54, 1.807) is 6.92 Å². The van der Waals surface area contributed by atoms with Gasteiger partial charge in [0.05, 0.1) is 6.61 Å². The minimum absolute atomic E-state index is 0.247. The molecule has 1 N–H and O–H groups in total. The largest absolute Gasteiger partial charge is 0.450 e. The third kappa shape index (κ3) is 6.79. The molecule has 1 atom stereocenters. The number of nitriles is 1. The zero-order valence-electron chi connectivity index (χ0n) is 17.2. The number of carbonyl (C=O) groups is 2. The van der Waals surface area contributed by atoms with Crippen molar-refractivity contribution in [2.45, 2.75) is 52.0 Å². The Balaban J connectivity index is 2.08. The minimum Gasteiger partial charge on any atom is -0.450 e. The number of unbranched alkanes of at least 4 members (excludes halogenated alkanes) is 3. The van der Waals surface area contributed by atoms with Gasteiger partial charge in [0.1, 0.15) is 6.04 Å². The van der Waals surface area contributed by atoms with Crippen molar-refractivity contribution in [1.82, 2.24) is 10.2 Å². The number of rotatable bonds is 10. The molecule has 2 aromatic rings. The van der Waals surface area contributed by atoms with E-state index in [0.717, 1.165) is 46.9 Å². The Bertz CT molecular complexity index is 860. The Morgan fingerprint density at radius 1 is 1.10 bits per heavy atom. The molecule has 0 heterocycles. The van der Waals surface area contributed by atoms with Crippen LogP contribution in [0.15, 0.2) is 42.5 Å². The summed E-state index contributed by atoms with van der Waals surface area (Å²) in [5.41, 5.74) is 0.902. The molecule has 0 aliphatic carbocycles. The predicted molar refractivity (Wildman–Crippen MR) is 113 cm³/mol. The molecular weight excluding hydrogens is 366 g/mol. The first-order valence-electron chi connectivity index (χ1n) is 10.2. The number of hydrogen-bond acceptors (Lipinski definition) is 4. The quantitative estimate of drug-likeness (QED) is 0.367. The molecule has 29 heavy (non-hydrogen) atoms. The third-order valence-corrected chi connectivity index (χ3v) is 4.78. The number of ether oxygens (including phenoxy) is 1. The molecule has 0 bridgehead atoms. The fraction of sp³-hybridized carbons (Fsp3) is 0.435. The van der Waals surface area contributed by atoms with Crippen molar-refractivity contribution < 1.29 is 14.3 Å². The van der Waals surface area contributed by atoms with Crippen LogP contribution >= 0.6 is 0 Å². The zero-order chi connectivity index (χ0) is 21.1. The monoisotopic (exact) mass is 395 g/mol. The number of fused-ring (bicyclic) bond motifs is 1. The number of nitrogens with one attached hydrogen (secondary N) is 1. The van der Waals surface area contributed by atoms with Crippen LogP contribution in [-0.4, -0.2) is 36.1 Å². The third-order valence-electron chi connectivity index (χ3n) is 4.78. The van der Waals surface area contributed by atoms with E-state index < -0.39 is 18.0 Å². The molecule has 0 fully saturated rings. The van der Waals surface area contributed by atoms with Gasteiger partial charge in [-0.05, 0) is 29.7 Å².